The molecule has 1 saturated carbocycles. The third-order valence-electron chi connectivity index (χ3n) is 6.41. The summed E-state index contributed by atoms with van der Waals surface area (Å²) >= 11 is 0. The average Bonchev–Trinajstić information content (AvgIpc) is 3.39. The largest absolute Gasteiger partial charge is 0.384 e. The van der Waals surface area contributed by atoms with Gasteiger partial charge in [0.1, 0.15) is 12.4 Å². The first-order valence-corrected chi connectivity index (χ1v) is 11.1. The fourth-order valence-corrected chi connectivity index (χ4v) is 4.03. The summed E-state index contributed by atoms with van der Waals surface area (Å²) in [5.41, 5.74) is 8.69. The van der Waals surface area contributed by atoms with E-state index in [4.69, 9.17) is 15.2 Å². The van der Waals surface area contributed by atoms with Gasteiger partial charge < -0.3 is 15.2 Å². The first-order chi connectivity index (χ1) is 16.3. The predicted octanol–water partition coefficient (Wildman–Crippen LogP) is 2.78. The van der Waals surface area contributed by atoms with Crippen molar-refractivity contribution in [1.82, 2.24) is 34.8 Å². The Morgan fingerprint density at radius 3 is 2.62 bits per heavy atom. The topological polar surface area (TPSA) is 129 Å². The molecular formula is C24H26N8O2. The number of hydrogen-bond acceptors (Lipinski definition) is 8. The molecule has 4 heterocycles. The Hall–Kier alpha value is -4.08. The zero-order chi connectivity index (χ0) is 23.9. The van der Waals surface area contributed by atoms with Crippen molar-refractivity contribution in [2.24, 2.45) is 5.92 Å². The molecule has 2 N–H and O–H groups in total. The van der Waals surface area contributed by atoms with Crippen LogP contribution in [0.4, 0.5) is 5.82 Å². The molecule has 1 aliphatic carbocycles. The van der Waals surface area contributed by atoms with Crippen LogP contribution in [-0.4, -0.2) is 54.8 Å². The van der Waals surface area contributed by atoms with Crippen LogP contribution in [0.15, 0.2) is 53.6 Å². The van der Waals surface area contributed by atoms with E-state index in [1.54, 1.807) is 43.4 Å². The fraction of sp³-hybridized carbons (Fsp3) is 0.333. The Balaban J connectivity index is 1.41. The predicted molar refractivity (Wildman–Crippen MR) is 125 cm³/mol. The van der Waals surface area contributed by atoms with Crippen molar-refractivity contribution < 1.29 is 9.32 Å². The summed E-state index contributed by atoms with van der Waals surface area (Å²) in [7, 11) is 3.42. The third-order valence-corrected chi connectivity index (χ3v) is 6.41. The van der Waals surface area contributed by atoms with Crippen molar-refractivity contribution in [2.75, 3.05) is 19.8 Å². The Bertz CT molecular complexity index is 1310. The summed E-state index contributed by atoms with van der Waals surface area (Å²) in [5, 5.41) is 8.60. The van der Waals surface area contributed by atoms with E-state index in [0.717, 1.165) is 29.7 Å². The summed E-state index contributed by atoms with van der Waals surface area (Å²) in [5.74, 6) is 1.83. The Morgan fingerprint density at radius 1 is 1.15 bits per heavy atom. The van der Waals surface area contributed by atoms with Gasteiger partial charge in [-0.1, -0.05) is 11.2 Å². The van der Waals surface area contributed by atoms with Crippen LogP contribution < -0.4 is 5.73 Å². The van der Waals surface area contributed by atoms with Crippen LogP contribution in [-0.2, 0) is 16.8 Å². The SMILES string of the molecule is CN(C)C(=O)Cn1cc(-c2nc(C(C)(c3ccc(-c4ccc(N)nc4)nc3)C3CC3)no2)cn1. The molecule has 0 bridgehead atoms. The first kappa shape index (κ1) is 21.7. The van der Waals surface area contributed by atoms with Crippen molar-refractivity contribution >= 4 is 11.7 Å². The van der Waals surface area contributed by atoms with Gasteiger partial charge in [0.05, 0.1) is 22.9 Å². The van der Waals surface area contributed by atoms with Gasteiger partial charge in [0.2, 0.25) is 5.91 Å². The molecule has 4 aromatic rings. The molecule has 5 rings (SSSR count). The molecule has 1 atom stereocenters. The standard InChI is InChI=1S/C24H26N8O2/c1-24(17-5-6-17,18-7-8-19(26-12-18)15-4-9-20(25)27-10-15)23-29-22(34-30-23)16-11-28-32(13-16)14-21(33)31(2)3/h4,7-13,17H,5-6,14H2,1-3H3,(H2,25,27). The number of likely N-dealkylation sites (N-methyl/N-ethyl adjacent to an activating group) is 1. The molecule has 1 unspecified atom stereocenters. The van der Waals surface area contributed by atoms with E-state index in [9.17, 15) is 4.79 Å². The molecule has 0 aliphatic heterocycles. The van der Waals surface area contributed by atoms with E-state index in [1.807, 2.05) is 18.3 Å². The second-order valence-electron chi connectivity index (χ2n) is 9.02. The van der Waals surface area contributed by atoms with Crippen molar-refractivity contribution in [1.29, 1.82) is 0 Å². The lowest BCUT2D eigenvalue weighted by Gasteiger charge is -2.26. The van der Waals surface area contributed by atoms with Crippen LogP contribution in [0.2, 0.25) is 0 Å². The molecule has 1 fully saturated rings. The molecule has 0 radical (unpaired) electrons. The van der Waals surface area contributed by atoms with Gasteiger partial charge in [0.25, 0.3) is 5.89 Å². The first-order valence-electron chi connectivity index (χ1n) is 11.1. The second-order valence-corrected chi connectivity index (χ2v) is 9.02. The van der Waals surface area contributed by atoms with Crippen LogP contribution in [0, 0.1) is 5.92 Å². The number of nitrogens with zero attached hydrogens (tertiary/aromatic N) is 7. The van der Waals surface area contributed by atoms with Crippen molar-refractivity contribution in [3.8, 4) is 22.7 Å². The highest BCUT2D eigenvalue weighted by Gasteiger charge is 2.47. The lowest BCUT2D eigenvalue weighted by molar-refractivity contribution is -0.129. The molecule has 34 heavy (non-hydrogen) atoms. The average molecular weight is 459 g/mol. The van der Waals surface area contributed by atoms with E-state index in [1.165, 1.54) is 4.90 Å². The van der Waals surface area contributed by atoms with Gasteiger partial charge in [-0.15, -0.1) is 0 Å². The summed E-state index contributed by atoms with van der Waals surface area (Å²) in [6.07, 6.45) is 9.15. The monoisotopic (exact) mass is 458 g/mol. The zero-order valence-electron chi connectivity index (χ0n) is 19.3. The minimum Gasteiger partial charge on any atom is -0.384 e. The van der Waals surface area contributed by atoms with Crippen LogP contribution >= 0.6 is 0 Å². The van der Waals surface area contributed by atoms with E-state index >= 15 is 0 Å². The van der Waals surface area contributed by atoms with Gasteiger partial charge in [-0.25, -0.2) is 4.98 Å². The molecule has 4 aromatic heterocycles. The number of nitrogen functional groups attached to an aromatic ring is 1. The number of carbonyl (C=O) groups is 1. The maximum atomic E-state index is 12.0. The summed E-state index contributed by atoms with van der Waals surface area (Å²) < 4.78 is 7.18. The quantitative estimate of drug-likeness (QED) is 0.448. The van der Waals surface area contributed by atoms with Crippen molar-refractivity contribution in [3.63, 3.8) is 0 Å². The number of amides is 1. The number of carbonyl (C=O) groups excluding carboxylic acids is 1. The highest BCUT2D eigenvalue weighted by Crippen LogP contribution is 2.50. The normalized spacial score (nSPS) is 15.1. The maximum absolute atomic E-state index is 12.0. The zero-order valence-corrected chi connectivity index (χ0v) is 19.3. The van der Waals surface area contributed by atoms with E-state index < -0.39 is 5.41 Å². The minimum atomic E-state index is -0.427. The van der Waals surface area contributed by atoms with Gasteiger partial charge in [0, 0.05) is 38.2 Å². The number of rotatable bonds is 7. The van der Waals surface area contributed by atoms with Crippen LogP contribution in [0.5, 0.6) is 0 Å². The Labute approximate surface area is 196 Å². The van der Waals surface area contributed by atoms with Crippen LogP contribution in [0.25, 0.3) is 22.7 Å². The number of hydrogen-bond donors (Lipinski definition) is 1. The summed E-state index contributed by atoms with van der Waals surface area (Å²) in [4.78, 5) is 27.0. The molecule has 1 amide bonds. The Kier molecular flexibility index (Phi) is 5.35. The second kappa shape index (κ2) is 8.36. The molecule has 1 aliphatic rings. The van der Waals surface area contributed by atoms with Gasteiger partial charge in [-0.3, -0.25) is 14.5 Å². The molecule has 10 heteroatoms. The number of pyridine rings is 2. The summed E-state index contributed by atoms with van der Waals surface area (Å²) in [6.45, 7) is 2.29. The van der Waals surface area contributed by atoms with E-state index in [0.29, 0.717) is 29.0 Å². The highest BCUT2D eigenvalue weighted by molar-refractivity contribution is 5.75. The van der Waals surface area contributed by atoms with Crippen LogP contribution in [0.1, 0.15) is 31.2 Å². The van der Waals surface area contributed by atoms with Crippen LogP contribution in [0.3, 0.4) is 0 Å². The molecule has 10 nitrogen and oxygen atoms in total. The van der Waals surface area contributed by atoms with E-state index in [-0.39, 0.29) is 12.5 Å². The lowest BCUT2D eigenvalue weighted by Crippen LogP contribution is -2.28. The van der Waals surface area contributed by atoms with Gasteiger partial charge >= 0.3 is 0 Å². The third kappa shape index (κ3) is 4.02. The van der Waals surface area contributed by atoms with Crippen molar-refractivity contribution in [2.45, 2.75) is 31.7 Å². The molecule has 0 saturated heterocycles. The minimum absolute atomic E-state index is 0.0483. The van der Waals surface area contributed by atoms with Gasteiger partial charge in [-0.2, -0.15) is 10.1 Å². The number of aromatic nitrogens is 6. The summed E-state index contributed by atoms with van der Waals surface area (Å²) in [6, 6.07) is 7.72. The van der Waals surface area contributed by atoms with E-state index in [2.05, 4.69) is 33.2 Å². The highest BCUT2D eigenvalue weighted by atomic mass is 16.5. The molecule has 174 valence electrons. The van der Waals surface area contributed by atoms with Gasteiger partial charge in [-0.05, 0) is 49.4 Å². The smallest absolute Gasteiger partial charge is 0.261 e. The number of anilines is 1. The lowest BCUT2D eigenvalue weighted by atomic mass is 9.77. The van der Waals surface area contributed by atoms with Gasteiger partial charge in [0.15, 0.2) is 5.82 Å². The molecular weight excluding hydrogens is 432 g/mol. The maximum Gasteiger partial charge on any atom is 0.261 e. The number of nitrogens with two attached hydrogens (primary N) is 1. The van der Waals surface area contributed by atoms with Crippen molar-refractivity contribution in [3.05, 3.63) is 60.4 Å². The molecule has 0 spiro atoms. The fourth-order valence-electron chi connectivity index (χ4n) is 4.03. The Morgan fingerprint density at radius 2 is 1.97 bits per heavy atom. The molecule has 0 aromatic carbocycles.